The number of hydrogen-bond donors (Lipinski definition) is 1. The van der Waals surface area contributed by atoms with Crippen LogP contribution in [0, 0.1) is 12.8 Å². The monoisotopic (exact) mass is 340 g/mol. The Bertz CT molecular complexity index is 911. The predicted octanol–water partition coefficient (Wildman–Crippen LogP) is 3.56. The summed E-state index contributed by atoms with van der Waals surface area (Å²) < 4.78 is 3.29. The van der Waals surface area contributed by atoms with E-state index in [1.807, 2.05) is 31.3 Å². The minimum absolute atomic E-state index is 0.00578. The van der Waals surface area contributed by atoms with E-state index in [9.17, 15) is 4.79 Å². The van der Waals surface area contributed by atoms with E-state index in [1.165, 1.54) is 5.69 Å². The van der Waals surface area contributed by atoms with Crippen LogP contribution in [-0.2, 0) is 24.2 Å². The second-order valence-corrected chi connectivity index (χ2v) is 7.39. The van der Waals surface area contributed by atoms with E-state index in [0.29, 0.717) is 0 Å². The number of nitrogens with one attached hydrogen (secondary N) is 1. The topological polar surface area (TPSA) is 59.8 Å². The summed E-state index contributed by atoms with van der Waals surface area (Å²) in [5.74, 6) is 1.07. The Labute approximate surface area is 144 Å². The molecule has 0 radical (unpaired) electrons. The molecule has 6 heteroatoms. The highest BCUT2D eigenvalue weighted by Crippen LogP contribution is 2.27. The van der Waals surface area contributed by atoms with Crippen molar-refractivity contribution in [2.24, 2.45) is 5.92 Å². The molecule has 2 aromatic heterocycles. The summed E-state index contributed by atoms with van der Waals surface area (Å²) in [6, 6.07) is 5.95. The Hall–Kier alpha value is -2.21. The molecule has 0 saturated heterocycles. The highest BCUT2D eigenvalue weighted by atomic mass is 32.1. The molecular weight excluding hydrogens is 320 g/mol. The summed E-state index contributed by atoms with van der Waals surface area (Å²) in [4.78, 5) is 21.6. The second-order valence-electron chi connectivity index (χ2n) is 6.28. The van der Waals surface area contributed by atoms with Gasteiger partial charge in [-0.25, -0.2) is 9.97 Å². The van der Waals surface area contributed by atoms with Crippen LogP contribution in [0.2, 0.25) is 0 Å². The maximum atomic E-state index is 12.7. The van der Waals surface area contributed by atoms with Gasteiger partial charge in [-0.2, -0.15) is 0 Å². The average Bonchev–Trinajstić information content (AvgIpc) is 3.17. The van der Waals surface area contributed by atoms with E-state index in [1.54, 1.807) is 11.3 Å². The number of fused-ring (bicyclic) bond motifs is 2. The zero-order chi connectivity index (χ0) is 16.7. The Morgan fingerprint density at radius 2 is 2.33 bits per heavy atom. The third kappa shape index (κ3) is 2.71. The largest absolute Gasteiger partial charge is 0.331 e. The van der Waals surface area contributed by atoms with Gasteiger partial charge in [-0.1, -0.05) is 6.92 Å². The first-order valence-electron chi connectivity index (χ1n) is 8.35. The Kier molecular flexibility index (Phi) is 3.84. The number of rotatable bonds is 3. The van der Waals surface area contributed by atoms with Gasteiger partial charge in [-0.05, 0) is 44.4 Å². The molecule has 1 unspecified atom stereocenters. The molecule has 5 nitrogen and oxygen atoms in total. The van der Waals surface area contributed by atoms with Gasteiger partial charge < -0.3 is 9.88 Å². The summed E-state index contributed by atoms with van der Waals surface area (Å²) in [6.45, 7) is 4.82. The molecule has 1 aliphatic heterocycles. The normalized spacial score (nSPS) is 17.0. The molecule has 0 bridgehead atoms. The Balaban J connectivity index is 1.51. The zero-order valence-electron chi connectivity index (χ0n) is 13.9. The highest BCUT2D eigenvalue weighted by Gasteiger charge is 2.25. The van der Waals surface area contributed by atoms with Gasteiger partial charge in [0.2, 0.25) is 5.91 Å². The van der Waals surface area contributed by atoms with Gasteiger partial charge in [0.25, 0.3) is 0 Å². The van der Waals surface area contributed by atoms with Crippen molar-refractivity contribution in [3.63, 3.8) is 0 Å². The third-order valence-corrected chi connectivity index (χ3v) is 5.83. The van der Waals surface area contributed by atoms with Crippen LogP contribution in [0.3, 0.4) is 0 Å². The first-order valence-corrected chi connectivity index (χ1v) is 9.17. The lowest BCUT2D eigenvalue weighted by atomic mass is 9.97. The molecule has 4 rings (SSSR count). The maximum absolute atomic E-state index is 12.7. The number of anilines is 1. The number of benzene rings is 1. The molecule has 1 atom stereocenters. The molecule has 3 heterocycles. The molecule has 0 saturated carbocycles. The molecule has 0 fully saturated rings. The number of hydrogen-bond acceptors (Lipinski definition) is 4. The van der Waals surface area contributed by atoms with Crippen LogP contribution >= 0.6 is 11.3 Å². The fraction of sp³-hybridized carbons (Fsp3) is 0.389. The Morgan fingerprint density at radius 3 is 3.17 bits per heavy atom. The van der Waals surface area contributed by atoms with Gasteiger partial charge in [0, 0.05) is 24.1 Å². The number of carbonyl (C=O) groups is 1. The van der Waals surface area contributed by atoms with Crippen molar-refractivity contribution in [2.75, 3.05) is 5.32 Å². The molecule has 1 aliphatic rings. The van der Waals surface area contributed by atoms with Gasteiger partial charge in [0.15, 0.2) is 0 Å². The van der Waals surface area contributed by atoms with E-state index in [2.05, 4.69) is 26.8 Å². The number of thiazole rings is 1. The molecule has 1 aromatic carbocycles. The minimum atomic E-state index is -0.00578. The van der Waals surface area contributed by atoms with Crippen molar-refractivity contribution >= 4 is 33.1 Å². The van der Waals surface area contributed by atoms with Gasteiger partial charge in [-0.3, -0.25) is 4.79 Å². The maximum Gasteiger partial charge on any atom is 0.229 e. The van der Waals surface area contributed by atoms with Crippen molar-refractivity contribution in [3.05, 3.63) is 40.9 Å². The summed E-state index contributed by atoms with van der Waals surface area (Å²) in [5.41, 5.74) is 3.09. The van der Waals surface area contributed by atoms with Crippen LogP contribution in [0.4, 0.5) is 5.69 Å². The zero-order valence-corrected chi connectivity index (χ0v) is 14.7. The summed E-state index contributed by atoms with van der Waals surface area (Å²) in [5, 5.41) is 4.21. The first-order chi connectivity index (χ1) is 11.6. The highest BCUT2D eigenvalue weighted by molar-refractivity contribution is 7.18. The summed E-state index contributed by atoms with van der Waals surface area (Å²) in [7, 11) is 0. The molecule has 3 aromatic rings. The fourth-order valence-corrected chi connectivity index (χ4v) is 4.20. The van der Waals surface area contributed by atoms with Crippen molar-refractivity contribution < 1.29 is 4.79 Å². The molecule has 0 aliphatic carbocycles. The van der Waals surface area contributed by atoms with Crippen LogP contribution in [0.1, 0.15) is 29.9 Å². The number of aryl methyl sites for hydroxylation is 3. The van der Waals surface area contributed by atoms with Crippen LogP contribution in [0.25, 0.3) is 10.2 Å². The molecule has 1 amide bonds. The minimum Gasteiger partial charge on any atom is -0.331 e. The lowest BCUT2D eigenvalue weighted by Crippen LogP contribution is -2.31. The van der Waals surface area contributed by atoms with Gasteiger partial charge >= 0.3 is 0 Å². The van der Waals surface area contributed by atoms with E-state index in [0.717, 1.165) is 52.5 Å². The van der Waals surface area contributed by atoms with Crippen LogP contribution in [0.5, 0.6) is 0 Å². The van der Waals surface area contributed by atoms with Crippen molar-refractivity contribution in [2.45, 2.75) is 39.7 Å². The standard InChI is InChI=1S/C18H20N4OS/c1-3-17-21-15-7-5-13(8-16(15)24-17)20-18(23)12-4-6-14-9-19-11(2)22(14)10-12/h5,7-9,12H,3-4,6,10H2,1-2H3,(H,20,23). The second kappa shape index (κ2) is 6.02. The molecule has 124 valence electrons. The van der Waals surface area contributed by atoms with E-state index < -0.39 is 0 Å². The van der Waals surface area contributed by atoms with E-state index in [-0.39, 0.29) is 11.8 Å². The number of imidazole rings is 1. The van der Waals surface area contributed by atoms with Crippen molar-refractivity contribution in [1.82, 2.24) is 14.5 Å². The fourth-order valence-electron chi connectivity index (χ4n) is 3.26. The van der Waals surface area contributed by atoms with Crippen LogP contribution in [0.15, 0.2) is 24.4 Å². The number of carbonyl (C=O) groups excluding carboxylic acids is 1. The average molecular weight is 340 g/mol. The van der Waals surface area contributed by atoms with Crippen LogP contribution < -0.4 is 5.32 Å². The van der Waals surface area contributed by atoms with Gasteiger partial charge in [0.1, 0.15) is 5.82 Å². The smallest absolute Gasteiger partial charge is 0.229 e. The van der Waals surface area contributed by atoms with Crippen molar-refractivity contribution in [1.29, 1.82) is 0 Å². The van der Waals surface area contributed by atoms with Crippen LogP contribution in [-0.4, -0.2) is 20.4 Å². The number of aromatic nitrogens is 3. The molecule has 24 heavy (non-hydrogen) atoms. The van der Waals surface area contributed by atoms with Gasteiger partial charge in [-0.15, -0.1) is 11.3 Å². The number of amides is 1. The molecular formula is C18H20N4OS. The molecule has 1 N–H and O–H groups in total. The lowest BCUT2D eigenvalue weighted by molar-refractivity contribution is -0.120. The van der Waals surface area contributed by atoms with E-state index >= 15 is 0 Å². The summed E-state index contributed by atoms with van der Waals surface area (Å²) >= 11 is 1.69. The molecule has 0 spiro atoms. The van der Waals surface area contributed by atoms with E-state index in [4.69, 9.17) is 0 Å². The summed E-state index contributed by atoms with van der Waals surface area (Å²) in [6.07, 6.45) is 4.65. The first kappa shape index (κ1) is 15.3. The third-order valence-electron chi connectivity index (χ3n) is 4.66. The van der Waals surface area contributed by atoms with Crippen molar-refractivity contribution in [3.8, 4) is 0 Å². The predicted molar refractivity (Wildman–Crippen MR) is 96.4 cm³/mol. The lowest BCUT2D eigenvalue weighted by Gasteiger charge is -2.24. The quantitative estimate of drug-likeness (QED) is 0.793. The Morgan fingerprint density at radius 1 is 1.46 bits per heavy atom. The van der Waals surface area contributed by atoms with Gasteiger partial charge in [0.05, 0.1) is 21.1 Å². The SMILES string of the molecule is CCc1nc2ccc(NC(=O)C3CCc4cnc(C)n4C3)cc2s1. The number of nitrogens with zero attached hydrogens (tertiary/aromatic N) is 3.